The van der Waals surface area contributed by atoms with Gasteiger partial charge in [0.05, 0.1) is 23.5 Å². The number of aryl methyl sites for hydroxylation is 2. The normalized spacial score (nSPS) is 12.9. The predicted molar refractivity (Wildman–Crippen MR) is 76.4 cm³/mol. The topological polar surface area (TPSA) is 55.4 Å². The first-order valence-electron chi connectivity index (χ1n) is 6.81. The molecule has 104 valence electrons. The van der Waals surface area contributed by atoms with E-state index in [2.05, 4.69) is 23.2 Å². The van der Waals surface area contributed by atoms with Crippen LogP contribution in [0.3, 0.4) is 0 Å². The third-order valence-electron chi connectivity index (χ3n) is 3.61. The highest BCUT2D eigenvalue weighted by molar-refractivity contribution is 5.54. The van der Waals surface area contributed by atoms with Gasteiger partial charge in [0, 0.05) is 30.9 Å². The Labute approximate surface area is 117 Å². The summed E-state index contributed by atoms with van der Waals surface area (Å²) in [4.78, 5) is 0. The highest BCUT2D eigenvalue weighted by atomic mass is 16.3. The lowest BCUT2D eigenvalue weighted by molar-refractivity contribution is 0.177. The van der Waals surface area contributed by atoms with Crippen molar-refractivity contribution in [1.29, 1.82) is 0 Å². The Hall–Kier alpha value is -2.14. The second-order valence-corrected chi connectivity index (χ2v) is 4.95. The number of fused-ring (bicyclic) bond motifs is 1. The summed E-state index contributed by atoms with van der Waals surface area (Å²) in [6, 6.07) is 7.89. The Morgan fingerprint density at radius 3 is 2.95 bits per heavy atom. The Morgan fingerprint density at radius 2 is 2.20 bits per heavy atom. The third kappa shape index (κ3) is 2.20. The van der Waals surface area contributed by atoms with Crippen LogP contribution in [-0.2, 0) is 19.9 Å². The first-order chi connectivity index (χ1) is 9.69. The quantitative estimate of drug-likeness (QED) is 0.788. The number of rotatable bonds is 4. The molecule has 1 atom stereocenters. The second kappa shape index (κ2) is 5.09. The van der Waals surface area contributed by atoms with Crippen LogP contribution >= 0.6 is 0 Å². The van der Waals surface area contributed by atoms with E-state index in [0.717, 1.165) is 28.9 Å². The summed E-state index contributed by atoms with van der Waals surface area (Å²) in [7, 11) is 1.91. The first-order valence-corrected chi connectivity index (χ1v) is 6.81. The lowest BCUT2D eigenvalue weighted by Crippen LogP contribution is -2.06. The van der Waals surface area contributed by atoms with Crippen molar-refractivity contribution in [2.24, 2.45) is 7.05 Å². The van der Waals surface area contributed by atoms with E-state index in [-0.39, 0.29) is 0 Å². The SMILES string of the molecule is CCc1cc(CC(O)c2cnn3ccccc23)n(C)n1. The van der Waals surface area contributed by atoms with Gasteiger partial charge < -0.3 is 5.11 Å². The summed E-state index contributed by atoms with van der Waals surface area (Å²) in [6.07, 6.45) is 4.48. The molecule has 0 amide bonds. The van der Waals surface area contributed by atoms with Gasteiger partial charge in [0.25, 0.3) is 0 Å². The van der Waals surface area contributed by atoms with Crippen molar-refractivity contribution in [3.63, 3.8) is 0 Å². The summed E-state index contributed by atoms with van der Waals surface area (Å²) in [5.74, 6) is 0. The maximum atomic E-state index is 10.5. The van der Waals surface area contributed by atoms with E-state index < -0.39 is 6.10 Å². The third-order valence-corrected chi connectivity index (χ3v) is 3.61. The predicted octanol–water partition coefficient (Wildman–Crippen LogP) is 1.91. The van der Waals surface area contributed by atoms with Crippen LogP contribution in [-0.4, -0.2) is 24.5 Å². The maximum absolute atomic E-state index is 10.5. The summed E-state index contributed by atoms with van der Waals surface area (Å²) in [5.41, 5.74) is 3.88. The Kier molecular flexibility index (Phi) is 3.28. The molecule has 1 N–H and O–H groups in total. The zero-order valence-corrected chi connectivity index (χ0v) is 11.7. The van der Waals surface area contributed by atoms with E-state index in [4.69, 9.17) is 0 Å². The Bertz CT molecular complexity index is 728. The molecule has 20 heavy (non-hydrogen) atoms. The number of aromatic nitrogens is 4. The van der Waals surface area contributed by atoms with Crippen LogP contribution in [0.15, 0.2) is 36.7 Å². The van der Waals surface area contributed by atoms with Crippen LogP contribution in [0.1, 0.15) is 30.0 Å². The standard InChI is InChI=1S/C15H18N4O/c1-3-11-8-12(18(2)17-11)9-15(20)13-10-16-19-7-5-4-6-14(13)19/h4-8,10,15,20H,3,9H2,1-2H3. The van der Waals surface area contributed by atoms with Gasteiger partial charge >= 0.3 is 0 Å². The van der Waals surface area contributed by atoms with Crippen molar-refractivity contribution >= 4 is 5.52 Å². The first kappa shape index (κ1) is 12.9. The van der Waals surface area contributed by atoms with Crippen molar-refractivity contribution < 1.29 is 5.11 Å². The molecule has 3 heterocycles. The Morgan fingerprint density at radius 1 is 1.35 bits per heavy atom. The molecule has 0 saturated carbocycles. The zero-order valence-electron chi connectivity index (χ0n) is 11.7. The summed E-state index contributed by atoms with van der Waals surface area (Å²) in [5, 5.41) is 19.1. The van der Waals surface area contributed by atoms with Crippen molar-refractivity contribution in [3.8, 4) is 0 Å². The largest absolute Gasteiger partial charge is 0.388 e. The highest BCUT2D eigenvalue weighted by Gasteiger charge is 2.16. The maximum Gasteiger partial charge on any atom is 0.0881 e. The smallest absolute Gasteiger partial charge is 0.0881 e. The minimum Gasteiger partial charge on any atom is -0.388 e. The van der Waals surface area contributed by atoms with E-state index in [1.54, 1.807) is 10.7 Å². The molecule has 0 aliphatic carbocycles. The van der Waals surface area contributed by atoms with Gasteiger partial charge in [-0.2, -0.15) is 10.2 Å². The molecule has 3 aromatic rings. The number of aliphatic hydroxyl groups is 1. The monoisotopic (exact) mass is 270 g/mol. The summed E-state index contributed by atoms with van der Waals surface area (Å²) < 4.78 is 3.62. The van der Waals surface area contributed by atoms with Crippen LogP contribution in [0.5, 0.6) is 0 Å². The van der Waals surface area contributed by atoms with Gasteiger partial charge in [-0.3, -0.25) is 4.68 Å². The van der Waals surface area contributed by atoms with E-state index in [1.807, 2.05) is 36.1 Å². The molecule has 5 nitrogen and oxygen atoms in total. The number of hydrogen-bond acceptors (Lipinski definition) is 3. The lowest BCUT2D eigenvalue weighted by Gasteiger charge is -2.09. The minimum absolute atomic E-state index is 0.541. The minimum atomic E-state index is -0.574. The van der Waals surface area contributed by atoms with Gasteiger partial charge in [-0.25, -0.2) is 4.52 Å². The molecule has 0 aromatic carbocycles. The molecule has 0 saturated heterocycles. The summed E-state index contributed by atoms with van der Waals surface area (Å²) >= 11 is 0. The van der Waals surface area contributed by atoms with Crippen LogP contribution in [0.4, 0.5) is 0 Å². The fourth-order valence-corrected chi connectivity index (χ4v) is 2.45. The number of aliphatic hydroxyl groups excluding tert-OH is 1. The molecular weight excluding hydrogens is 252 g/mol. The van der Waals surface area contributed by atoms with Gasteiger partial charge in [0.1, 0.15) is 0 Å². The van der Waals surface area contributed by atoms with Crippen LogP contribution in [0.2, 0.25) is 0 Å². The van der Waals surface area contributed by atoms with Crippen LogP contribution < -0.4 is 0 Å². The van der Waals surface area contributed by atoms with Crippen molar-refractivity contribution in [2.75, 3.05) is 0 Å². The highest BCUT2D eigenvalue weighted by Crippen LogP contribution is 2.22. The molecule has 0 radical (unpaired) electrons. The van der Waals surface area contributed by atoms with Gasteiger partial charge in [0.2, 0.25) is 0 Å². The molecule has 0 aliphatic rings. The lowest BCUT2D eigenvalue weighted by atomic mass is 10.1. The van der Waals surface area contributed by atoms with E-state index in [1.165, 1.54) is 0 Å². The zero-order chi connectivity index (χ0) is 14.1. The molecule has 1 unspecified atom stereocenters. The van der Waals surface area contributed by atoms with Gasteiger partial charge in [-0.1, -0.05) is 13.0 Å². The number of pyridine rings is 1. The van der Waals surface area contributed by atoms with Gasteiger partial charge in [-0.15, -0.1) is 0 Å². The second-order valence-electron chi connectivity index (χ2n) is 4.95. The fourth-order valence-electron chi connectivity index (χ4n) is 2.45. The van der Waals surface area contributed by atoms with Crippen LogP contribution in [0, 0.1) is 0 Å². The molecule has 0 spiro atoms. The van der Waals surface area contributed by atoms with E-state index in [0.29, 0.717) is 6.42 Å². The Balaban J connectivity index is 1.89. The summed E-state index contributed by atoms with van der Waals surface area (Å²) in [6.45, 7) is 2.08. The average molecular weight is 270 g/mol. The molecule has 0 aliphatic heterocycles. The van der Waals surface area contributed by atoms with Crippen molar-refractivity contribution in [1.82, 2.24) is 19.4 Å². The molecule has 3 aromatic heterocycles. The number of nitrogens with zero attached hydrogens (tertiary/aromatic N) is 4. The fraction of sp³-hybridized carbons (Fsp3) is 0.333. The van der Waals surface area contributed by atoms with Crippen LogP contribution in [0.25, 0.3) is 5.52 Å². The molecule has 5 heteroatoms. The average Bonchev–Trinajstić information content (AvgIpc) is 3.03. The van der Waals surface area contributed by atoms with Crippen molar-refractivity contribution in [3.05, 3.63) is 53.6 Å². The van der Waals surface area contributed by atoms with Gasteiger partial charge in [-0.05, 0) is 24.6 Å². The molecular formula is C15H18N4O. The molecule has 3 rings (SSSR count). The number of hydrogen-bond donors (Lipinski definition) is 1. The molecule has 0 bridgehead atoms. The van der Waals surface area contributed by atoms with E-state index >= 15 is 0 Å². The van der Waals surface area contributed by atoms with E-state index in [9.17, 15) is 5.11 Å². The molecule has 0 fully saturated rings. The van der Waals surface area contributed by atoms with Gasteiger partial charge in [0.15, 0.2) is 0 Å². The van der Waals surface area contributed by atoms with Crippen molar-refractivity contribution in [2.45, 2.75) is 25.9 Å².